The summed E-state index contributed by atoms with van der Waals surface area (Å²) in [7, 11) is 0. The van der Waals surface area contributed by atoms with Crippen LogP contribution in [0.15, 0.2) is 75.0 Å². The highest BCUT2D eigenvalue weighted by atomic mass is 16.3. The van der Waals surface area contributed by atoms with Crippen LogP contribution in [0.5, 0.6) is 0 Å². The normalized spacial score (nSPS) is 10.7. The molecular formula is C17H13N3O4. The second kappa shape index (κ2) is 7.10. The van der Waals surface area contributed by atoms with Gasteiger partial charge in [0.2, 0.25) is 0 Å². The lowest BCUT2D eigenvalue weighted by Gasteiger charge is -2.08. The van der Waals surface area contributed by atoms with Crippen LogP contribution < -0.4 is 10.7 Å². The first kappa shape index (κ1) is 15.3. The van der Waals surface area contributed by atoms with E-state index in [1.165, 1.54) is 24.8 Å². The van der Waals surface area contributed by atoms with Crippen LogP contribution in [-0.2, 0) is 0 Å². The Labute approximate surface area is 137 Å². The largest absolute Gasteiger partial charge is 0.463 e. The van der Waals surface area contributed by atoms with Crippen LogP contribution in [0.1, 0.15) is 26.7 Å². The topological polar surface area (TPSA) is 96.8 Å². The van der Waals surface area contributed by atoms with E-state index in [0.29, 0.717) is 11.4 Å². The summed E-state index contributed by atoms with van der Waals surface area (Å²) in [5.41, 5.74) is 3.01. The Morgan fingerprint density at radius 1 is 0.917 bits per heavy atom. The van der Waals surface area contributed by atoms with Gasteiger partial charge in [0.1, 0.15) is 5.76 Å². The zero-order chi connectivity index (χ0) is 16.8. The third-order valence-electron chi connectivity index (χ3n) is 3.07. The van der Waals surface area contributed by atoms with Crippen LogP contribution in [0.25, 0.3) is 0 Å². The van der Waals surface area contributed by atoms with Gasteiger partial charge in [-0.3, -0.25) is 9.59 Å². The molecule has 0 radical (unpaired) electrons. The smallest absolute Gasteiger partial charge is 0.291 e. The highest BCUT2D eigenvalue weighted by molar-refractivity contribution is 6.07. The van der Waals surface area contributed by atoms with Crippen molar-refractivity contribution in [3.63, 3.8) is 0 Å². The highest BCUT2D eigenvalue weighted by Crippen LogP contribution is 2.16. The van der Waals surface area contributed by atoms with E-state index in [2.05, 4.69) is 15.8 Å². The molecule has 2 N–H and O–H groups in total. The van der Waals surface area contributed by atoms with Crippen molar-refractivity contribution < 1.29 is 18.4 Å². The molecule has 0 spiro atoms. The number of anilines is 1. The van der Waals surface area contributed by atoms with Gasteiger partial charge in [0.15, 0.2) is 5.76 Å². The van der Waals surface area contributed by atoms with Crippen molar-refractivity contribution in [2.75, 3.05) is 5.32 Å². The van der Waals surface area contributed by atoms with Gasteiger partial charge in [-0.05, 0) is 36.4 Å². The molecule has 7 nitrogen and oxygen atoms in total. The van der Waals surface area contributed by atoms with Crippen LogP contribution in [0.3, 0.4) is 0 Å². The first-order valence-corrected chi connectivity index (χ1v) is 7.05. The molecule has 0 unspecified atom stereocenters. The number of hydrogen-bond donors (Lipinski definition) is 2. The molecule has 0 atom stereocenters. The van der Waals surface area contributed by atoms with Gasteiger partial charge in [-0.1, -0.05) is 12.1 Å². The maximum absolute atomic E-state index is 12.2. The van der Waals surface area contributed by atoms with Crippen molar-refractivity contribution in [1.82, 2.24) is 5.43 Å². The maximum atomic E-state index is 12.2. The molecule has 24 heavy (non-hydrogen) atoms. The molecule has 0 fully saturated rings. The molecule has 0 bridgehead atoms. The summed E-state index contributed by atoms with van der Waals surface area (Å²) in [6.45, 7) is 0. The second-order valence-electron chi connectivity index (χ2n) is 4.69. The van der Waals surface area contributed by atoms with E-state index in [-0.39, 0.29) is 11.3 Å². The Morgan fingerprint density at radius 2 is 1.71 bits per heavy atom. The van der Waals surface area contributed by atoms with Crippen LogP contribution in [-0.4, -0.2) is 18.0 Å². The molecule has 120 valence electrons. The third kappa shape index (κ3) is 3.58. The number of carbonyl (C=O) groups excluding carboxylic acids is 2. The minimum atomic E-state index is -0.465. The van der Waals surface area contributed by atoms with Gasteiger partial charge >= 0.3 is 0 Å². The minimum Gasteiger partial charge on any atom is -0.463 e. The molecule has 2 aromatic heterocycles. The van der Waals surface area contributed by atoms with Crippen molar-refractivity contribution in [1.29, 1.82) is 0 Å². The van der Waals surface area contributed by atoms with E-state index in [9.17, 15) is 9.59 Å². The SMILES string of the molecule is O=C(Nc1ccccc1C(=O)N/N=C/c1ccco1)c1ccco1. The molecule has 0 aliphatic rings. The van der Waals surface area contributed by atoms with E-state index in [0.717, 1.165) is 0 Å². The van der Waals surface area contributed by atoms with Crippen molar-refractivity contribution in [3.05, 3.63) is 78.1 Å². The second-order valence-corrected chi connectivity index (χ2v) is 4.69. The molecular weight excluding hydrogens is 310 g/mol. The molecule has 3 aromatic rings. The number of hydrazone groups is 1. The summed E-state index contributed by atoms with van der Waals surface area (Å²) in [6, 6.07) is 13.1. The highest BCUT2D eigenvalue weighted by Gasteiger charge is 2.14. The molecule has 7 heteroatoms. The number of furan rings is 2. The first-order chi connectivity index (χ1) is 11.7. The number of amides is 2. The van der Waals surface area contributed by atoms with Gasteiger partial charge in [-0.2, -0.15) is 5.10 Å². The van der Waals surface area contributed by atoms with Crippen LogP contribution in [0, 0.1) is 0 Å². The standard InChI is InChI=1S/C17H13N3O4/c21-16(20-18-11-12-5-3-9-23-12)13-6-1-2-7-14(13)19-17(22)15-8-4-10-24-15/h1-11H,(H,19,22)(H,20,21)/b18-11+. The van der Waals surface area contributed by atoms with Crippen LogP contribution >= 0.6 is 0 Å². The Hall–Kier alpha value is -3.61. The van der Waals surface area contributed by atoms with E-state index in [1.54, 1.807) is 42.5 Å². The number of hydrogen-bond acceptors (Lipinski definition) is 5. The molecule has 1 aromatic carbocycles. The summed E-state index contributed by atoms with van der Waals surface area (Å²) < 4.78 is 10.1. The van der Waals surface area contributed by atoms with Gasteiger partial charge in [0, 0.05) is 0 Å². The maximum Gasteiger partial charge on any atom is 0.291 e. The summed E-state index contributed by atoms with van der Waals surface area (Å²) >= 11 is 0. The van der Waals surface area contributed by atoms with Gasteiger partial charge in [-0.25, -0.2) is 5.43 Å². The molecule has 0 aliphatic carbocycles. The number of benzene rings is 1. The number of rotatable bonds is 5. The van der Waals surface area contributed by atoms with E-state index in [1.807, 2.05) is 0 Å². The van der Waals surface area contributed by atoms with Gasteiger partial charge in [0.25, 0.3) is 11.8 Å². The minimum absolute atomic E-state index is 0.154. The monoisotopic (exact) mass is 323 g/mol. The number of nitrogens with zero attached hydrogens (tertiary/aromatic N) is 1. The average Bonchev–Trinajstić information content (AvgIpc) is 3.29. The Morgan fingerprint density at radius 3 is 2.46 bits per heavy atom. The number of nitrogens with one attached hydrogen (secondary N) is 2. The third-order valence-corrected chi connectivity index (χ3v) is 3.07. The molecule has 0 saturated heterocycles. The number of carbonyl (C=O) groups is 2. The predicted octanol–water partition coefficient (Wildman–Crippen LogP) is 2.89. The molecule has 0 saturated carbocycles. The van der Waals surface area contributed by atoms with Gasteiger partial charge < -0.3 is 14.2 Å². The summed E-state index contributed by atoms with van der Waals surface area (Å²) in [6.07, 6.45) is 4.28. The van der Waals surface area contributed by atoms with Crippen molar-refractivity contribution in [3.8, 4) is 0 Å². The van der Waals surface area contributed by atoms with E-state index >= 15 is 0 Å². The summed E-state index contributed by atoms with van der Waals surface area (Å²) in [4.78, 5) is 24.3. The molecule has 0 aliphatic heterocycles. The zero-order valence-electron chi connectivity index (χ0n) is 12.4. The molecule has 2 heterocycles. The lowest BCUT2D eigenvalue weighted by molar-refractivity contribution is 0.0956. The van der Waals surface area contributed by atoms with Crippen LogP contribution in [0.2, 0.25) is 0 Å². The Kier molecular flexibility index (Phi) is 4.52. The first-order valence-electron chi connectivity index (χ1n) is 7.05. The number of para-hydroxylation sites is 1. The fourth-order valence-electron chi connectivity index (χ4n) is 1.96. The van der Waals surface area contributed by atoms with Crippen LogP contribution in [0.4, 0.5) is 5.69 Å². The Balaban J connectivity index is 1.71. The van der Waals surface area contributed by atoms with Crippen molar-refractivity contribution in [2.24, 2.45) is 5.10 Å². The van der Waals surface area contributed by atoms with Gasteiger partial charge in [-0.15, -0.1) is 0 Å². The van der Waals surface area contributed by atoms with Gasteiger partial charge in [0.05, 0.1) is 30.0 Å². The zero-order valence-corrected chi connectivity index (χ0v) is 12.4. The summed E-state index contributed by atoms with van der Waals surface area (Å²) in [5, 5.41) is 6.44. The van der Waals surface area contributed by atoms with E-state index in [4.69, 9.17) is 8.83 Å². The lowest BCUT2D eigenvalue weighted by atomic mass is 10.1. The molecule has 2 amide bonds. The fraction of sp³-hybridized carbons (Fsp3) is 0. The van der Waals surface area contributed by atoms with Crippen molar-refractivity contribution in [2.45, 2.75) is 0 Å². The lowest BCUT2D eigenvalue weighted by Crippen LogP contribution is -2.21. The summed E-state index contributed by atoms with van der Waals surface area (Å²) in [5.74, 6) is -0.247. The van der Waals surface area contributed by atoms with Crippen molar-refractivity contribution >= 4 is 23.7 Å². The predicted molar refractivity (Wildman–Crippen MR) is 86.9 cm³/mol. The Bertz CT molecular complexity index is 852. The fourth-order valence-corrected chi connectivity index (χ4v) is 1.96. The molecule has 3 rings (SSSR count). The van der Waals surface area contributed by atoms with E-state index < -0.39 is 11.8 Å². The quantitative estimate of drug-likeness (QED) is 0.557. The average molecular weight is 323 g/mol.